The maximum Gasteiger partial charge on any atom is 0.274 e. The van der Waals surface area contributed by atoms with Gasteiger partial charge < -0.3 is 10.2 Å². The summed E-state index contributed by atoms with van der Waals surface area (Å²) in [6.45, 7) is 5.76. The van der Waals surface area contributed by atoms with E-state index < -0.39 is 0 Å². The fourth-order valence-corrected chi connectivity index (χ4v) is 4.44. The predicted molar refractivity (Wildman–Crippen MR) is 93.1 cm³/mol. The van der Waals surface area contributed by atoms with E-state index >= 15 is 0 Å². The van der Waals surface area contributed by atoms with Crippen LogP contribution in [0.2, 0.25) is 0 Å². The predicted octanol–water partition coefficient (Wildman–Crippen LogP) is 1.51. The largest absolute Gasteiger partial charge is 0.335 e. The zero-order valence-electron chi connectivity index (χ0n) is 14.5. The number of piperidine rings is 1. The van der Waals surface area contributed by atoms with Gasteiger partial charge in [-0.15, -0.1) is 0 Å². The molecule has 1 unspecified atom stereocenters. The van der Waals surface area contributed by atoms with Crippen LogP contribution >= 0.6 is 0 Å². The van der Waals surface area contributed by atoms with Crippen molar-refractivity contribution < 1.29 is 4.79 Å². The van der Waals surface area contributed by atoms with Gasteiger partial charge in [0.2, 0.25) is 0 Å². The summed E-state index contributed by atoms with van der Waals surface area (Å²) in [6.07, 6.45) is 9.72. The fraction of sp³-hybridized carbons (Fsp3) is 0.778. The van der Waals surface area contributed by atoms with Crippen molar-refractivity contribution in [1.29, 1.82) is 0 Å². The topological polar surface area (TPSA) is 53.4 Å². The summed E-state index contributed by atoms with van der Waals surface area (Å²) in [5.74, 6) is 0.101. The van der Waals surface area contributed by atoms with Crippen LogP contribution in [0.3, 0.4) is 0 Å². The molecule has 1 aliphatic carbocycles. The number of hydrogen-bond donors (Lipinski definition) is 1. The highest BCUT2D eigenvalue weighted by atomic mass is 16.2. The number of hydrogen-bond acceptors (Lipinski definition) is 4. The first kappa shape index (κ1) is 16.1. The third-order valence-corrected chi connectivity index (χ3v) is 5.92. The second-order valence-corrected chi connectivity index (χ2v) is 7.45. The van der Waals surface area contributed by atoms with Gasteiger partial charge in [-0.3, -0.25) is 14.4 Å². The van der Waals surface area contributed by atoms with E-state index in [1.165, 1.54) is 32.1 Å². The molecule has 132 valence electrons. The van der Waals surface area contributed by atoms with Gasteiger partial charge in [0.25, 0.3) is 5.91 Å². The Morgan fingerprint density at radius 3 is 2.50 bits per heavy atom. The van der Waals surface area contributed by atoms with E-state index in [9.17, 15) is 4.79 Å². The van der Waals surface area contributed by atoms with E-state index in [2.05, 4.69) is 15.3 Å². The SMILES string of the molecule is O=C(c1ccn(C2CCCNC2)n1)N1CCN(C2CCCC2)CC1. The first-order valence-corrected chi connectivity index (χ1v) is 9.60. The van der Waals surface area contributed by atoms with E-state index in [1.54, 1.807) is 0 Å². The number of carbonyl (C=O) groups excluding carboxylic acids is 1. The van der Waals surface area contributed by atoms with Crippen molar-refractivity contribution >= 4 is 5.91 Å². The van der Waals surface area contributed by atoms with Crippen LogP contribution in [0.4, 0.5) is 0 Å². The Balaban J connectivity index is 1.33. The Morgan fingerprint density at radius 1 is 1.04 bits per heavy atom. The third-order valence-electron chi connectivity index (χ3n) is 5.92. The van der Waals surface area contributed by atoms with Crippen molar-refractivity contribution in [2.24, 2.45) is 0 Å². The molecule has 6 nitrogen and oxygen atoms in total. The summed E-state index contributed by atoms with van der Waals surface area (Å²) in [5.41, 5.74) is 0.606. The molecule has 1 aromatic rings. The van der Waals surface area contributed by atoms with Crippen LogP contribution in [0.15, 0.2) is 12.3 Å². The normalized spacial score (nSPS) is 26.8. The number of nitrogens with one attached hydrogen (secondary N) is 1. The molecule has 0 spiro atoms. The van der Waals surface area contributed by atoms with E-state index in [4.69, 9.17) is 0 Å². The van der Waals surface area contributed by atoms with Crippen LogP contribution in [0.5, 0.6) is 0 Å². The summed E-state index contributed by atoms with van der Waals surface area (Å²) >= 11 is 0. The molecular weight excluding hydrogens is 302 g/mol. The summed E-state index contributed by atoms with van der Waals surface area (Å²) in [4.78, 5) is 17.3. The number of piperazine rings is 1. The van der Waals surface area contributed by atoms with Gasteiger partial charge >= 0.3 is 0 Å². The van der Waals surface area contributed by atoms with Gasteiger partial charge in [-0.2, -0.15) is 5.10 Å². The van der Waals surface area contributed by atoms with Crippen molar-refractivity contribution in [2.45, 2.75) is 50.6 Å². The molecule has 3 aliphatic rings. The fourth-order valence-electron chi connectivity index (χ4n) is 4.44. The van der Waals surface area contributed by atoms with Gasteiger partial charge in [-0.05, 0) is 38.3 Å². The van der Waals surface area contributed by atoms with Gasteiger partial charge in [0.15, 0.2) is 0 Å². The molecule has 3 fully saturated rings. The molecule has 2 aliphatic heterocycles. The molecule has 2 saturated heterocycles. The molecule has 0 radical (unpaired) electrons. The zero-order valence-corrected chi connectivity index (χ0v) is 14.5. The number of aromatic nitrogens is 2. The monoisotopic (exact) mass is 331 g/mol. The van der Waals surface area contributed by atoms with Crippen LogP contribution in [-0.4, -0.2) is 70.8 Å². The molecule has 6 heteroatoms. The second kappa shape index (κ2) is 7.23. The summed E-state index contributed by atoms with van der Waals surface area (Å²) < 4.78 is 1.98. The van der Waals surface area contributed by atoms with Crippen LogP contribution in [0, 0.1) is 0 Å². The molecule has 4 rings (SSSR count). The molecule has 0 aromatic carbocycles. The van der Waals surface area contributed by atoms with Crippen LogP contribution < -0.4 is 5.32 Å². The Morgan fingerprint density at radius 2 is 1.79 bits per heavy atom. The minimum atomic E-state index is 0.101. The number of nitrogens with zero attached hydrogens (tertiary/aromatic N) is 4. The van der Waals surface area contributed by atoms with Crippen molar-refractivity contribution in [1.82, 2.24) is 24.9 Å². The molecule has 24 heavy (non-hydrogen) atoms. The van der Waals surface area contributed by atoms with Gasteiger partial charge in [0.1, 0.15) is 5.69 Å². The van der Waals surface area contributed by atoms with Crippen LogP contribution in [0.1, 0.15) is 55.1 Å². The maximum absolute atomic E-state index is 12.7. The smallest absolute Gasteiger partial charge is 0.274 e. The average molecular weight is 331 g/mol. The summed E-state index contributed by atoms with van der Waals surface area (Å²) in [7, 11) is 0. The second-order valence-electron chi connectivity index (χ2n) is 7.45. The number of carbonyl (C=O) groups is 1. The Bertz CT molecular complexity index is 552. The number of rotatable bonds is 3. The molecule has 1 atom stereocenters. The lowest BCUT2D eigenvalue weighted by molar-refractivity contribution is 0.0566. The lowest BCUT2D eigenvalue weighted by Crippen LogP contribution is -2.51. The minimum absolute atomic E-state index is 0.101. The highest BCUT2D eigenvalue weighted by Crippen LogP contribution is 2.24. The summed E-state index contributed by atoms with van der Waals surface area (Å²) in [6, 6.07) is 3.04. The minimum Gasteiger partial charge on any atom is -0.335 e. The van der Waals surface area contributed by atoms with Crippen molar-refractivity contribution in [3.8, 4) is 0 Å². The quantitative estimate of drug-likeness (QED) is 0.912. The summed E-state index contributed by atoms with van der Waals surface area (Å²) in [5, 5.41) is 7.98. The Labute approximate surface area is 144 Å². The molecule has 1 N–H and O–H groups in total. The van der Waals surface area contributed by atoms with Crippen LogP contribution in [-0.2, 0) is 0 Å². The first-order chi connectivity index (χ1) is 11.8. The van der Waals surface area contributed by atoms with E-state index in [0.717, 1.165) is 51.7 Å². The highest BCUT2D eigenvalue weighted by molar-refractivity contribution is 5.92. The van der Waals surface area contributed by atoms with Crippen molar-refractivity contribution in [2.75, 3.05) is 39.3 Å². The molecule has 1 saturated carbocycles. The number of amides is 1. The van der Waals surface area contributed by atoms with Gasteiger partial charge in [-0.1, -0.05) is 12.8 Å². The lowest BCUT2D eigenvalue weighted by atomic mass is 10.1. The molecule has 1 amide bonds. The highest BCUT2D eigenvalue weighted by Gasteiger charge is 2.29. The van der Waals surface area contributed by atoms with E-state index in [0.29, 0.717) is 11.7 Å². The molecule has 0 bridgehead atoms. The van der Waals surface area contributed by atoms with Crippen molar-refractivity contribution in [3.05, 3.63) is 18.0 Å². The Kier molecular flexibility index (Phi) is 4.85. The maximum atomic E-state index is 12.7. The van der Waals surface area contributed by atoms with Crippen molar-refractivity contribution in [3.63, 3.8) is 0 Å². The standard InChI is InChI=1S/C18H29N5O/c24-18(17-7-9-23(20-17)16-6-3-8-19-14-16)22-12-10-21(11-13-22)15-4-1-2-5-15/h7,9,15-16,19H,1-6,8,10-14H2. The Hall–Kier alpha value is -1.40. The van der Waals surface area contributed by atoms with E-state index in [1.807, 2.05) is 21.8 Å². The molecule has 1 aromatic heterocycles. The molecular formula is C18H29N5O. The van der Waals surface area contributed by atoms with Gasteiger partial charge in [0, 0.05) is 45.0 Å². The van der Waals surface area contributed by atoms with Gasteiger partial charge in [0.05, 0.1) is 6.04 Å². The average Bonchev–Trinajstić information content (AvgIpc) is 3.34. The van der Waals surface area contributed by atoms with Gasteiger partial charge in [-0.25, -0.2) is 0 Å². The lowest BCUT2D eigenvalue weighted by Gasteiger charge is -2.37. The first-order valence-electron chi connectivity index (χ1n) is 9.60. The van der Waals surface area contributed by atoms with E-state index in [-0.39, 0.29) is 5.91 Å². The van der Waals surface area contributed by atoms with Crippen LogP contribution in [0.25, 0.3) is 0 Å². The third kappa shape index (κ3) is 3.35. The zero-order chi connectivity index (χ0) is 16.4. The molecule has 3 heterocycles.